The van der Waals surface area contributed by atoms with Crippen LogP contribution in [0.5, 0.6) is 0 Å². The van der Waals surface area contributed by atoms with Gasteiger partial charge in [-0.05, 0) is 37.3 Å². The van der Waals surface area contributed by atoms with E-state index in [4.69, 9.17) is 0 Å². The Hall–Kier alpha value is -3.55. The van der Waals surface area contributed by atoms with Crippen LogP contribution in [0.25, 0.3) is 16.7 Å². The predicted octanol–water partition coefficient (Wildman–Crippen LogP) is 3.19. The van der Waals surface area contributed by atoms with Crippen molar-refractivity contribution in [2.24, 2.45) is 0 Å². The molecule has 130 valence electrons. The number of imidazole rings is 1. The highest BCUT2D eigenvalue weighted by molar-refractivity contribution is 5.99. The maximum Gasteiger partial charge on any atom is 0.290 e. The number of carbonyl (C=O) groups is 1. The van der Waals surface area contributed by atoms with Crippen molar-refractivity contribution in [3.05, 3.63) is 77.9 Å². The molecule has 4 aromatic rings. The number of hydrogen-bond acceptors (Lipinski definition) is 3. The van der Waals surface area contributed by atoms with E-state index in [0.717, 1.165) is 23.2 Å². The molecule has 26 heavy (non-hydrogen) atoms. The highest BCUT2D eigenvalue weighted by Gasteiger charge is 2.16. The third-order valence-corrected chi connectivity index (χ3v) is 3.93. The number of rotatable bonds is 3. The lowest BCUT2D eigenvalue weighted by Crippen LogP contribution is -2.22. The molecule has 8 heteroatoms. The predicted molar refractivity (Wildman–Crippen MR) is 91.6 cm³/mol. The van der Waals surface area contributed by atoms with Crippen LogP contribution < -0.4 is 5.43 Å². The van der Waals surface area contributed by atoms with E-state index in [2.05, 4.69) is 15.5 Å². The minimum absolute atomic E-state index is 0.0658. The number of halogens is 2. The van der Waals surface area contributed by atoms with Crippen LogP contribution in [-0.4, -0.2) is 25.3 Å². The fourth-order valence-electron chi connectivity index (χ4n) is 2.70. The second-order valence-corrected chi connectivity index (χ2v) is 5.72. The first-order valence-corrected chi connectivity index (χ1v) is 7.78. The second kappa shape index (κ2) is 6.07. The zero-order valence-electron chi connectivity index (χ0n) is 13.6. The van der Waals surface area contributed by atoms with E-state index in [1.54, 1.807) is 6.92 Å². The number of benzene rings is 2. The SMILES string of the molecule is Cc1cc(C(=O)Nn2cnc3ccccc32)nn1-c1ccc(F)cc1F. The van der Waals surface area contributed by atoms with E-state index in [1.165, 1.54) is 27.8 Å². The molecule has 0 aliphatic heterocycles. The normalized spacial score (nSPS) is 11.0. The quantitative estimate of drug-likeness (QED) is 0.615. The van der Waals surface area contributed by atoms with Crippen LogP contribution in [0.1, 0.15) is 16.2 Å². The highest BCUT2D eigenvalue weighted by atomic mass is 19.1. The van der Waals surface area contributed by atoms with Crippen LogP contribution in [0.4, 0.5) is 8.78 Å². The molecule has 2 aromatic heterocycles. The highest BCUT2D eigenvalue weighted by Crippen LogP contribution is 2.17. The number of carbonyl (C=O) groups excluding carboxylic acids is 1. The van der Waals surface area contributed by atoms with Crippen LogP contribution in [0, 0.1) is 18.6 Å². The Morgan fingerprint density at radius 3 is 2.73 bits per heavy atom. The van der Waals surface area contributed by atoms with Gasteiger partial charge in [-0.15, -0.1) is 0 Å². The molecule has 0 atom stereocenters. The molecule has 0 saturated carbocycles. The molecule has 1 N–H and O–H groups in total. The molecule has 2 aromatic carbocycles. The maximum atomic E-state index is 14.0. The molecule has 0 unspecified atom stereocenters. The van der Waals surface area contributed by atoms with Crippen molar-refractivity contribution in [3.63, 3.8) is 0 Å². The molecular formula is C18H13F2N5O. The lowest BCUT2D eigenvalue weighted by molar-refractivity contribution is 0.100. The smallest absolute Gasteiger partial charge is 0.266 e. The van der Waals surface area contributed by atoms with Crippen LogP contribution in [0.2, 0.25) is 0 Å². The van der Waals surface area contributed by atoms with Crippen molar-refractivity contribution in [2.75, 3.05) is 5.43 Å². The van der Waals surface area contributed by atoms with Gasteiger partial charge in [-0.25, -0.2) is 23.1 Å². The maximum absolute atomic E-state index is 14.0. The number of nitrogens with zero attached hydrogens (tertiary/aromatic N) is 4. The summed E-state index contributed by atoms with van der Waals surface area (Å²) >= 11 is 0. The number of fused-ring (bicyclic) bond motifs is 1. The van der Waals surface area contributed by atoms with Gasteiger partial charge in [-0.1, -0.05) is 12.1 Å². The van der Waals surface area contributed by atoms with E-state index in [9.17, 15) is 13.6 Å². The lowest BCUT2D eigenvalue weighted by atomic mass is 10.3. The molecule has 0 bridgehead atoms. The van der Waals surface area contributed by atoms with Gasteiger partial charge in [0.1, 0.15) is 17.8 Å². The van der Waals surface area contributed by atoms with Crippen molar-refractivity contribution < 1.29 is 13.6 Å². The third kappa shape index (κ3) is 2.71. The minimum Gasteiger partial charge on any atom is -0.266 e. The average molecular weight is 353 g/mol. The third-order valence-electron chi connectivity index (χ3n) is 3.93. The van der Waals surface area contributed by atoms with Crippen LogP contribution in [0.3, 0.4) is 0 Å². The van der Waals surface area contributed by atoms with Crippen molar-refractivity contribution in [2.45, 2.75) is 6.92 Å². The molecule has 0 aliphatic rings. The average Bonchev–Trinajstić information content (AvgIpc) is 3.19. The molecular weight excluding hydrogens is 340 g/mol. The van der Waals surface area contributed by atoms with Gasteiger partial charge in [-0.2, -0.15) is 5.10 Å². The van der Waals surface area contributed by atoms with Gasteiger partial charge in [-0.3, -0.25) is 10.2 Å². The topological polar surface area (TPSA) is 64.7 Å². The number of aromatic nitrogens is 4. The van der Waals surface area contributed by atoms with Crippen LogP contribution in [0.15, 0.2) is 54.9 Å². The summed E-state index contributed by atoms with van der Waals surface area (Å²) in [6.07, 6.45) is 1.49. The summed E-state index contributed by atoms with van der Waals surface area (Å²) in [6.45, 7) is 1.68. The Labute approximate surface area is 146 Å². The molecule has 1 amide bonds. The molecule has 4 rings (SSSR count). The molecule has 2 heterocycles. The summed E-state index contributed by atoms with van der Waals surface area (Å²) in [7, 11) is 0. The minimum atomic E-state index is -0.760. The summed E-state index contributed by atoms with van der Waals surface area (Å²) in [5.41, 5.74) is 4.86. The Morgan fingerprint density at radius 1 is 1.12 bits per heavy atom. The molecule has 0 fully saturated rings. The second-order valence-electron chi connectivity index (χ2n) is 5.72. The Kier molecular flexibility index (Phi) is 3.72. The Balaban J connectivity index is 1.65. The van der Waals surface area contributed by atoms with Crippen molar-refractivity contribution in [1.82, 2.24) is 19.4 Å². The Bertz CT molecular complexity index is 1130. The van der Waals surface area contributed by atoms with E-state index in [-0.39, 0.29) is 11.4 Å². The number of para-hydroxylation sites is 2. The van der Waals surface area contributed by atoms with Gasteiger partial charge in [0, 0.05) is 11.8 Å². The fourth-order valence-corrected chi connectivity index (χ4v) is 2.70. The van der Waals surface area contributed by atoms with Gasteiger partial charge < -0.3 is 0 Å². The molecule has 6 nitrogen and oxygen atoms in total. The van der Waals surface area contributed by atoms with Gasteiger partial charge >= 0.3 is 0 Å². The van der Waals surface area contributed by atoms with Crippen LogP contribution >= 0.6 is 0 Å². The monoisotopic (exact) mass is 353 g/mol. The summed E-state index contributed by atoms with van der Waals surface area (Å²) in [5, 5.41) is 4.14. The van der Waals surface area contributed by atoms with Crippen molar-refractivity contribution in [3.8, 4) is 5.69 Å². The zero-order valence-corrected chi connectivity index (χ0v) is 13.6. The Morgan fingerprint density at radius 2 is 1.92 bits per heavy atom. The van der Waals surface area contributed by atoms with Crippen LogP contribution in [-0.2, 0) is 0 Å². The fraction of sp³-hybridized carbons (Fsp3) is 0.0556. The summed E-state index contributed by atoms with van der Waals surface area (Å²) < 4.78 is 29.8. The molecule has 0 spiro atoms. The molecule has 0 aliphatic carbocycles. The van der Waals surface area contributed by atoms with Crippen molar-refractivity contribution >= 4 is 16.9 Å². The van der Waals surface area contributed by atoms with E-state index in [0.29, 0.717) is 5.69 Å². The first kappa shape index (κ1) is 15.9. The number of aryl methyl sites for hydroxylation is 1. The number of amides is 1. The largest absolute Gasteiger partial charge is 0.290 e. The number of hydrogen-bond donors (Lipinski definition) is 1. The lowest BCUT2D eigenvalue weighted by Gasteiger charge is -2.06. The van der Waals surface area contributed by atoms with Gasteiger partial charge in [0.15, 0.2) is 11.5 Å². The summed E-state index contributed by atoms with van der Waals surface area (Å²) in [6, 6.07) is 12.0. The van der Waals surface area contributed by atoms with Crippen molar-refractivity contribution in [1.29, 1.82) is 0 Å². The van der Waals surface area contributed by atoms with Gasteiger partial charge in [0.2, 0.25) is 0 Å². The molecule has 0 radical (unpaired) electrons. The standard InChI is InChI=1S/C18H13F2N5O/c1-11-8-15(22-25(11)16-7-6-12(19)9-13(16)20)18(26)23-24-10-21-14-4-2-3-5-17(14)24/h2-10H,1H3,(H,23,26). The van der Waals surface area contributed by atoms with E-state index in [1.807, 2.05) is 24.3 Å². The zero-order chi connectivity index (χ0) is 18.3. The van der Waals surface area contributed by atoms with Gasteiger partial charge in [0.25, 0.3) is 5.91 Å². The molecule has 0 saturated heterocycles. The summed E-state index contributed by atoms with van der Waals surface area (Å²) in [4.78, 5) is 16.7. The van der Waals surface area contributed by atoms with E-state index >= 15 is 0 Å². The van der Waals surface area contributed by atoms with Gasteiger partial charge in [0.05, 0.1) is 11.0 Å². The number of nitrogens with one attached hydrogen (secondary N) is 1. The summed E-state index contributed by atoms with van der Waals surface area (Å²) in [5.74, 6) is -1.91. The first-order chi connectivity index (χ1) is 12.5. The first-order valence-electron chi connectivity index (χ1n) is 7.78. The van der Waals surface area contributed by atoms with E-state index < -0.39 is 17.5 Å².